The molecule has 0 aliphatic carbocycles. The summed E-state index contributed by atoms with van der Waals surface area (Å²) in [4.78, 5) is 19.6. The van der Waals surface area contributed by atoms with Crippen molar-refractivity contribution in [2.24, 2.45) is 0 Å². The molecule has 0 aliphatic heterocycles. The fraction of sp³-hybridized carbons (Fsp3) is 0.615. The van der Waals surface area contributed by atoms with E-state index in [1.54, 1.807) is 0 Å². The van der Waals surface area contributed by atoms with Crippen molar-refractivity contribution in [2.45, 2.75) is 33.6 Å². The van der Waals surface area contributed by atoms with Crippen molar-refractivity contribution in [1.82, 2.24) is 15.3 Å². The third-order valence-corrected chi connectivity index (χ3v) is 2.54. The van der Waals surface area contributed by atoms with Gasteiger partial charge in [-0.05, 0) is 20.3 Å². The van der Waals surface area contributed by atoms with Crippen LogP contribution in [-0.4, -0.2) is 35.6 Å². The predicted octanol–water partition coefficient (Wildman–Crippen LogP) is 1.51. The number of nitrogens with one attached hydrogen (secondary N) is 2. The minimum atomic E-state index is 0.0473. The van der Waals surface area contributed by atoms with Crippen LogP contribution >= 0.6 is 0 Å². The number of nitrogens with zero attached hydrogens (tertiary/aromatic N) is 2. The molecule has 0 fully saturated rings. The van der Waals surface area contributed by atoms with E-state index in [1.807, 2.05) is 20.8 Å². The largest absolute Gasteiger partial charge is 0.478 e. The van der Waals surface area contributed by atoms with Gasteiger partial charge in [0.25, 0.3) is 0 Å². The summed E-state index contributed by atoms with van der Waals surface area (Å²) in [6, 6.07) is 0. The zero-order valence-corrected chi connectivity index (χ0v) is 11.8. The average Bonchev–Trinajstić information content (AvgIpc) is 2.41. The molecule has 19 heavy (non-hydrogen) atoms. The van der Waals surface area contributed by atoms with Crippen LogP contribution in [0.15, 0.2) is 6.33 Å². The molecule has 0 radical (unpaired) electrons. The van der Waals surface area contributed by atoms with Gasteiger partial charge in [-0.1, -0.05) is 6.92 Å². The summed E-state index contributed by atoms with van der Waals surface area (Å²) in [5.41, 5.74) is 0.860. The molecule has 6 nitrogen and oxygen atoms in total. The first-order valence-electron chi connectivity index (χ1n) is 6.64. The minimum absolute atomic E-state index is 0.0473. The lowest BCUT2D eigenvalue weighted by atomic mass is 10.3. The standard InChI is InChI=1S/C13H22N4O2/c1-4-7-14-11(18)6-8-15-12-10(3)13(19-5-2)17-9-16-12/h9H,4-8H2,1-3H3,(H,14,18)(H,15,16,17). The van der Waals surface area contributed by atoms with E-state index in [4.69, 9.17) is 4.74 Å². The van der Waals surface area contributed by atoms with Gasteiger partial charge < -0.3 is 15.4 Å². The number of hydrogen-bond donors (Lipinski definition) is 2. The van der Waals surface area contributed by atoms with E-state index < -0.39 is 0 Å². The summed E-state index contributed by atoms with van der Waals surface area (Å²) >= 11 is 0. The van der Waals surface area contributed by atoms with E-state index >= 15 is 0 Å². The van der Waals surface area contributed by atoms with Crippen LogP contribution in [-0.2, 0) is 4.79 Å². The van der Waals surface area contributed by atoms with Gasteiger partial charge in [-0.15, -0.1) is 0 Å². The van der Waals surface area contributed by atoms with Crippen molar-refractivity contribution in [3.8, 4) is 5.88 Å². The molecule has 0 spiro atoms. The number of rotatable bonds is 8. The molecule has 1 heterocycles. The smallest absolute Gasteiger partial charge is 0.221 e. The van der Waals surface area contributed by atoms with Crippen LogP contribution < -0.4 is 15.4 Å². The van der Waals surface area contributed by atoms with E-state index in [2.05, 4.69) is 20.6 Å². The van der Waals surface area contributed by atoms with Crippen molar-refractivity contribution in [3.05, 3.63) is 11.9 Å². The molecule has 0 aromatic carbocycles. The average molecular weight is 266 g/mol. The predicted molar refractivity (Wildman–Crippen MR) is 74.3 cm³/mol. The summed E-state index contributed by atoms with van der Waals surface area (Å²) in [6.07, 6.45) is 2.83. The SMILES string of the molecule is CCCNC(=O)CCNc1ncnc(OCC)c1C. The van der Waals surface area contributed by atoms with Crippen LogP contribution in [0.3, 0.4) is 0 Å². The highest BCUT2D eigenvalue weighted by Gasteiger charge is 2.07. The van der Waals surface area contributed by atoms with Gasteiger partial charge in [0.1, 0.15) is 12.1 Å². The molecule has 0 saturated heterocycles. The Morgan fingerprint density at radius 1 is 1.32 bits per heavy atom. The first-order chi connectivity index (χ1) is 9.19. The Kier molecular flexibility index (Phi) is 6.63. The second-order valence-corrected chi connectivity index (χ2v) is 4.11. The second-order valence-electron chi connectivity index (χ2n) is 4.11. The quantitative estimate of drug-likeness (QED) is 0.746. The zero-order chi connectivity index (χ0) is 14.1. The van der Waals surface area contributed by atoms with E-state index in [9.17, 15) is 4.79 Å². The Morgan fingerprint density at radius 2 is 2.11 bits per heavy atom. The van der Waals surface area contributed by atoms with E-state index in [0.29, 0.717) is 31.3 Å². The Hall–Kier alpha value is -1.85. The fourth-order valence-corrected chi connectivity index (χ4v) is 1.54. The molecule has 1 aromatic rings. The molecule has 0 aliphatic rings. The van der Waals surface area contributed by atoms with Gasteiger partial charge >= 0.3 is 0 Å². The van der Waals surface area contributed by atoms with Crippen molar-refractivity contribution >= 4 is 11.7 Å². The Bertz CT molecular complexity index is 410. The molecule has 1 rings (SSSR count). The normalized spacial score (nSPS) is 10.1. The van der Waals surface area contributed by atoms with Crippen LogP contribution in [0, 0.1) is 6.92 Å². The first kappa shape index (κ1) is 15.2. The van der Waals surface area contributed by atoms with Crippen molar-refractivity contribution in [3.63, 3.8) is 0 Å². The maximum Gasteiger partial charge on any atom is 0.221 e. The second kappa shape index (κ2) is 8.29. The van der Waals surface area contributed by atoms with Crippen LogP contribution in [0.25, 0.3) is 0 Å². The lowest BCUT2D eigenvalue weighted by Gasteiger charge is -2.11. The van der Waals surface area contributed by atoms with Gasteiger partial charge in [0, 0.05) is 19.5 Å². The third kappa shape index (κ3) is 5.11. The number of carbonyl (C=O) groups excluding carboxylic acids is 1. The van der Waals surface area contributed by atoms with Gasteiger partial charge in [0.15, 0.2) is 0 Å². The van der Waals surface area contributed by atoms with Crippen molar-refractivity contribution in [2.75, 3.05) is 25.0 Å². The molecule has 0 atom stereocenters. The molecule has 106 valence electrons. The number of carbonyl (C=O) groups is 1. The lowest BCUT2D eigenvalue weighted by molar-refractivity contribution is -0.120. The van der Waals surface area contributed by atoms with Crippen LogP contribution in [0.4, 0.5) is 5.82 Å². The summed E-state index contributed by atoms with van der Waals surface area (Å²) in [5, 5.41) is 5.96. The van der Waals surface area contributed by atoms with E-state index in [0.717, 1.165) is 18.5 Å². The fourth-order valence-electron chi connectivity index (χ4n) is 1.54. The zero-order valence-electron chi connectivity index (χ0n) is 11.8. The van der Waals surface area contributed by atoms with Crippen LogP contribution in [0.1, 0.15) is 32.3 Å². The minimum Gasteiger partial charge on any atom is -0.478 e. The van der Waals surface area contributed by atoms with Gasteiger partial charge in [-0.2, -0.15) is 0 Å². The summed E-state index contributed by atoms with van der Waals surface area (Å²) < 4.78 is 5.39. The summed E-state index contributed by atoms with van der Waals surface area (Å²) in [7, 11) is 0. The number of anilines is 1. The molecular weight excluding hydrogens is 244 g/mol. The number of hydrogen-bond acceptors (Lipinski definition) is 5. The summed E-state index contributed by atoms with van der Waals surface area (Å²) in [6.45, 7) is 7.66. The van der Waals surface area contributed by atoms with Crippen LogP contribution in [0.5, 0.6) is 5.88 Å². The molecular formula is C13H22N4O2. The van der Waals surface area contributed by atoms with E-state index in [1.165, 1.54) is 6.33 Å². The molecule has 1 amide bonds. The van der Waals surface area contributed by atoms with Gasteiger partial charge in [0.05, 0.1) is 12.2 Å². The molecule has 0 bridgehead atoms. The van der Waals surface area contributed by atoms with Crippen molar-refractivity contribution in [1.29, 1.82) is 0 Å². The highest BCUT2D eigenvalue weighted by molar-refractivity contribution is 5.76. The Morgan fingerprint density at radius 3 is 2.79 bits per heavy atom. The highest BCUT2D eigenvalue weighted by atomic mass is 16.5. The molecule has 1 aromatic heterocycles. The van der Waals surface area contributed by atoms with Gasteiger partial charge in [-0.3, -0.25) is 4.79 Å². The summed E-state index contributed by atoms with van der Waals surface area (Å²) in [5.74, 6) is 1.34. The Labute approximate surface area is 114 Å². The number of aromatic nitrogens is 2. The topological polar surface area (TPSA) is 76.1 Å². The number of ether oxygens (including phenoxy) is 1. The first-order valence-corrected chi connectivity index (χ1v) is 6.64. The van der Waals surface area contributed by atoms with E-state index in [-0.39, 0.29) is 5.91 Å². The highest BCUT2D eigenvalue weighted by Crippen LogP contribution is 2.19. The number of amides is 1. The molecule has 0 unspecified atom stereocenters. The third-order valence-electron chi connectivity index (χ3n) is 2.54. The van der Waals surface area contributed by atoms with Crippen molar-refractivity contribution < 1.29 is 9.53 Å². The Balaban J connectivity index is 2.45. The maximum atomic E-state index is 11.4. The lowest BCUT2D eigenvalue weighted by Crippen LogP contribution is -2.26. The molecule has 6 heteroatoms. The monoisotopic (exact) mass is 266 g/mol. The van der Waals surface area contributed by atoms with Gasteiger partial charge in [0.2, 0.25) is 11.8 Å². The molecule has 2 N–H and O–H groups in total. The molecule has 0 saturated carbocycles. The van der Waals surface area contributed by atoms with Crippen LogP contribution in [0.2, 0.25) is 0 Å². The maximum absolute atomic E-state index is 11.4. The van der Waals surface area contributed by atoms with Gasteiger partial charge in [-0.25, -0.2) is 9.97 Å².